The molecule has 1 aliphatic rings. The van der Waals surface area contributed by atoms with Gasteiger partial charge < -0.3 is 5.73 Å². The van der Waals surface area contributed by atoms with Crippen LogP contribution in [0.2, 0.25) is 0 Å². The molecule has 0 saturated heterocycles. The molecule has 0 bridgehead atoms. The van der Waals surface area contributed by atoms with Crippen LogP contribution in [0, 0.1) is 17.8 Å². The molecule has 0 amide bonds. The lowest BCUT2D eigenvalue weighted by Crippen LogP contribution is -2.40. The van der Waals surface area contributed by atoms with Gasteiger partial charge in [0.15, 0.2) is 0 Å². The SMILES string of the molecule is C#CCCC(N)C1(C)CCCCC1. The summed E-state index contributed by atoms with van der Waals surface area (Å²) in [6, 6.07) is 0.309. The first-order chi connectivity index (χ1) is 6.19. The molecule has 0 aromatic rings. The zero-order chi connectivity index (χ0) is 9.73. The maximum Gasteiger partial charge on any atom is 0.0102 e. The van der Waals surface area contributed by atoms with Crippen molar-refractivity contribution in [1.82, 2.24) is 0 Å². The second-order valence-electron chi connectivity index (χ2n) is 4.56. The lowest BCUT2D eigenvalue weighted by Gasteiger charge is -2.38. The smallest absolute Gasteiger partial charge is 0.0102 e. The molecular weight excluding hydrogens is 158 g/mol. The summed E-state index contributed by atoms with van der Waals surface area (Å²) in [6.45, 7) is 2.33. The van der Waals surface area contributed by atoms with E-state index < -0.39 is 0 Å². The Morgan fingerprint density at radius 1 is 1.38 bits per heavy atom. The van der Waals surface area contributed by atoms with Crippen molar-refractivity contribution in [3.05, 3.63) is 0 Å². The van der Waals surface area contributed by atoms with Crippen LogP contribution in [0.5, 0.6) is 0 Å². The fraction of sp³-hybridized carbons (Fsp3) is 0.833. The minimum Gasteiger partial charge on any atom is -0.327 e. The van der Waals surface area contributed by atoms with E-state index in [0.29, 0.717) is 11.5 Å². The Labute approximate surface area is 82.1 Å². The predicted octanol–water partition coefficient (Wildman–Crippen LogP) is 2.70. The molecule has 1 saturated carbocycles. The van der Waals surface area contributed by atoms with Crippen molar-refractivity contribution in [2.45, 2.75) is 57.9 Å². The normalized spacial score (nSPS) is 23.5. The van der Waals surface area contributed by atoms with Crippen molar-refractivity contribution in [2.24, 2.45) is 11.1 Å². The third-order valence-electron chi connectivity index (χ3n) is 3.49. The minimum atomic E-state index is 0.309. The number of hydrogen-bond donors (Lipinski definition) is 1. The number of terminal acetylenes is 1. The molecule has 1 heteroatoms. The first-order valence-corrected chi connectivity index (χ1v) is 5.38. The average molecular weight is 179 g/mol. The van der Waals surface area contributed by atoms with E-state index >= 15 is 0 Å². The van der Waals surface area contributed by atoms with E-state index in [0.717, 1.165) is 12.8 Å². The Bertz CT molecular complexity index is 184. The first-order valence-electron chi connectivity index (χ1n) is 5.38. The van der Waals surface area contributed by atoms with Crippen LogP contribution in [0.4, 0.5) is 0 Å². The van der Waals surface area contributed by atoms with Gasteiger partial charge in [0.2, 0.25) is 0 Å². The van der Waals surface area contributed by atoms with Gasteiger partial charge in [-0.3, -0.25) is 0 Å². The Morgan fingerprint density at radius 3 is 2.54 bits per heavy atom. The first kappa shape index (κ1) is 10.6. The zero-order valence-corrected chi connectivity index (χ0v) is 8.68. The molecule has 1 rings (SSSR count). The molecule has 74 valence electrons. The third-order valence-corrected chi connectivity index (χ3v) is 3.49. The number of nitrogens with two attached hydrogens (primary N) is 1. The second-order valence-corrected chi connectivity index (χ2v) is 4.56. The summed E-state index contributed by atoms with van der Waals surface area (Å²) < 4.78 is 0. The van der Waals surface area contributed by atoms with Gasteiger partial charge in [0.1, 0.15) is 0 Å². The van der Waals surface area contributed by atoms with Crippen molar-refractivity contribution in [3.8, 4) is 12.3 Å². The van der Waals surface area contributed by atoms with Gasteiger partial charge in [-0.2, -0.15) is 0 Å². The number of hydrogen-bond acceptors (Lipinski definition) is 1. The average Bonchev–Trinajstić information content (AvgIpc) is 2.15. The lowest BCUT2D eigenvalue weighted by atomic mass is 9.70. The van der Waals surface area contributed by atoms with Gasteiger partial charge in [-0.1, -0.05) is 26.2 Å². The molecule has 1 nitrogen and oxygen atoms in total. The maximum atomic E-state index is 6.17. The van der Waals surface area contributed by atoms with Gasteiger partial charge in [-0.05, 0) is 24.7 Å². The van der Waals surface area contributed by atoms with Crippen LogP contribution in [0.1, 0.15) is 51.9 Å². The second kappa shape index (κ2) is 4.67. The van der Waals surface area contributed by atoms with Crippen molar-refractivity contribution in [1.29, 1.82) is 0 Å². The van der Waals surface area contributed by atoms with Crippen molar-refractivity contribution >= 4 is 0 Å². The summed E-state index contributed by atoms with van der Waals surface area (Å²) in [5.41, 5.74) is 6.54. The molecule has 0 aromatic heterocycles. The quantitative estimate of drug-likeness (QED) is 0.662. The molecule has 13 heavy (non-hydrogen) atoms. The van der Waals surface area contributed by atoms with Crippen LogP contribution in [0.3, 0.4) is 0 Å². The Balaban J connectivity index is 2.42. The molecule has 0 radical (unpaired) electrons. The molecule has 0 aliphatic heterocycles. The molecule has 2 N–H and O–H groups in total. The largest absolute Gasteiger partial charge is 0.327 e. The van der Waals surface area contributed by atoms with Gasteiger partial charge in [0, 0.05) is 12.5 Å². The van der Waals surface area contributed by atoms with Crippen molar-refractivity contribution in [3.63, 3.8) is 0 Å². The molecule has 1 unspecified atom stereocenters. The van der Waals surface area contributed by atoms with E-state index in [9.17, 15) is 0 Å². The van der Waals surface area contributed by atoms with Crippen LogP contribution < -0.4 is 5.73 Å². The van der Waals surface area contributed by atoms with E-state index in [4.69, 9.17) is 12.2 Å². The van der Waals surface area contributed by atoms with E-state index in [1.165, 1.54) is 32.1 Å². The summed E-state index contributed by atoms with van der Waals surface area (Å²) >= 11 is 0. The molecule has 1 atom stereocenters. The minimum absolute atomic E-state index is 0.309. The van der Waals surface area contributed by atoms with Crippen LogP contribution in [-0.4, -0.2) is 6.04 Å². The standard InChI is InChI=1S/C12H21N/c1-3-4-8-11(13)12(2)9-6-5-7-10-12/h1,11H,4-10,13H2,2H3. The molecule has 0 spiro atoms. The molecule has 0 heterocycles. The maximum absolute atomic E-state index is 6.17. The van der Waals surface area contributed by atoms with Gasteiger partial charge in [-0.25, -0.2) is 0 Å². The van der Waals surface area contributed by atoms with Gasteiger partial charge in [0.25, 0.3) is 0 Å². The fourth-order valence-corrected chi connectivity index (χ4v) is 2.32. The Morgan fingerprint density at radius 2 is 2.00 bits per heavy atom. The molecule has 0 aromatic carbocycles. The highest BCUT2D eigenvalue weighted by atomic mass is 14.7. The van der Waals surface area contributed by atoms with Crippen LogP contribution >= 0.6 is 0 Å². The predicted molar refractivity (Wildman–Crippen MR) is 57.2 cm³/mol. The number of rotatable bonds is 3. The van der Waals surface area contributed by atoms with Crippen molar-refractivity contribution in [2.75, 3.05) is 0 Å². The van der Waals surface area contributed by atoms with Crippen LogP contribution in [0.25, 0.3) is 0 Å². The van der Waals surface area contributed by atoms with Gasteiger partial charge >= 0.3 is 0 Å². The third kappa shape index (κ3) is 2.74. The summed E-state index contributed by atoms with van der Waals surface area (Å²) in [7, 11) is 0. The van der Waals surface area contributed by atoms with E-state index in [1.54, 1.807) is 0 Å². The highest BCUT2D eigenvalue weighted by Gasteiger charge is 2.32. The Kier molecular flexibility index (Phi) is 3.81. The van der Waals surface area contributed by atoms with E-state index in [1.807, 2.05) is 0 Å². The highest BCUT2D eigenvalue weighted by molar-refractivity contribution is 4.92. The summed E-state index contributed by atoms with van der Waals surface area (Å²) in [5.74, 6) is 2.67. The van der Waals surface area contributed by atoms with Crippen LogP contribution in [0.15, 0.2) is 0 Å². The highest BCUT2D eigenvalue weighted by Crippen LogP contribution is 2.39. The van der Waals surface area contributed by atoms with Crippen molar-refractivity contribution < 1.29 is 0 Å². The molecule has 1 aliphatic carbocycles. The topological polar surface area (TPSA) is 26.0 Å². The van der Waals surface area contributed by atoms with Crippen LogP contribution in [-0.2, 0) is 0 Å². The fourth-order valence-electron chi connectivity index (χ4n) is 2.32. The molecule has 1 fully saturated rings. The lowest BCUT2D eigenvalue weighted by molar-refractivity contribution is 0.164. The van der Waals surface area contributed by atoms with Gasteiger partial charge in [0.05, 0.1) is 0 Å². The molecular formula is C12H21N. The zero-order valence-electron chi connectivity index (χ0n) is 8.68. The summed E-state index contributed by atoms with van der Waals surface area (Å²) in [6.07, 6.45) is 13.7. The van der Waals surface area contributed by atoms with E-state index in [2.05, 4.69) is 12.8 Å². The summed E-state index contributed by atoms with van der Waals surface area (Å²) in [5, 5.41) is 0. The summed E-state index contributed by atoms with van der Waals surface area (Å²) in [4.78, 5) is 0. The van der Waals surface area contributed by atoms with Gasteiger partial charge in [-0.15, -0.1) is 12.3 Å². The Hall–Kier alpha value is -0.480. The van der Waals surface area contributed by atoms with E-state index in [-0.39, 0.29) is 0 Å². The monoisotopic (exact) mass is 179 g/mol.